The van der Waals surface area contributed by atoms with Crippen LogP contribution in [0.1, 0.15) is 33.1 Å². The molecule has 0 amide bonds. The van der Waals surface area contributed by atoms with E-state index < -0.39 is 11.4 Å². The molecule has 0 aromatic carbocycles. The third-order valence-electron chi connectivity index (χ3n) is 2.79. The molecule has 0 saturated carbocycles. The van der Waals surface area contributed by atoms with Crippen LogP contribution in [0.4, 0.5) is 0 Å². The van der Waals surface area contributed by atoms with Crippen molar-refractivity contribution in [2.45, 2.75) is 39.2 Å². The van der Waals surface area contributed by atoms with Gasteiger partial charge in [0.15, 0.2) is 0 Å². The number of rotatable bonds is 5. The first-order valence-corrected chi connectivity index (χ1v) is 5.58. The van der Waals surface area contributed by atoms with Crippen molar-refractivity contribution >= 4 is 5.97 Å². The van der Waals surface area contributed by atoms with Gasteiger partial charge in [0.2, 0.25) is 0 Å². The van der Waals surface area contributed by atoms with Crippen molar-refractivity contribution in [3.05, 3.63) is 0 Å². The Morgan fingerprint density at radius 2 is 2.27 bits per heavy atom. The highest BCUT2D eigenvalue weighted by Crippen LogP contribution is 2.15. The zero-order valence-electron chi connectivity index (χ0n) is 9.58. The topological polar surface area (TPSA) is 58.6 Å². The number of carbonyl (C=O) groups is 1. The molecule has 1 heterocycles. The molecule has 0 radical (unpaired) electrons. The van der Waals surface area contributed by atoms with E-state index in [4.69, 9.17) is 9.84 Å². The highest BCUT2D eigenvalue weighted by molar-refractivity contribution is 5.73. The van der Waals surface area contributed by atoms with Crippen molar-refractivity contribution in [2.75, 3.05) is 19.7 Å². The minimum atomic E-state index is -0.764. The van der Waals surface area contributed by atoms with Gasteiger partial charge in [-0.2, -0.15) is 0 Å². The van der Waals surface area contributed by atoms with E-state index in [9.17, 15) is 4.79 Å². The molecule has 1 saturated heterocycles. The van der Waals surface area contributed by atoms with Crippen LogP contribution in [0.25, 0.3) is 0 Å². The molecule has 1 aliphatic heterocycles. The molecule has 2 N–H and O–H groups in total. The van der Waals surface area contributed by atoms with Crippen LogP contribution < -0.4 is 5.32 Å². The Morgan fingerprint density at radius 1 is 1.53 bits per heavy atom. The predicted molar refractivity (Wildman–Crippen MR) is 57.9 cm³/mol. The van der Waals surface area contributed by atoms with Gasteiger partial charge in [0, 0.05) is 19.7 Å². The lowest BCUT2D eigenvalue weighted by molar-refractivity contribution is -0.146. The number of hydrogen-bond donors (Lipinski definition) is 2. The molecule has 1 aliphatic rings. The molecule has 0 aliphatic carbocycles. The molecule has 0 aromatic heterocycles. The molecule has 1 rings (SSSR count). The van der Waals surface area contributed by atoms with Crippen molar-refractivity contribution in [1.82, 2.24) is 5.32 Å². The van der Waals surface area contributed by atoms with E-state index in [1.54, 1.807) is 13.8 Å². The Balaban J connectivity index is 2.17. The molecule has 88 valence electrons. The smallest absolute Gasteiger partial charge is 0.310 e. The third-order valence-corrected chi connectivity index (χ3v) is 2.79. The summed E-state index contributed by atoms with van der Waals surface area (Å²) in [7, 11) is 0. The maximum atomic E-state index is 10.8. The second kappa shape index (κ2) is 5.47. The Hall–Kier alpha value is -0.610. The summed E-state index contributed by atoms with van der Waals surface area (Å²) in [4.78, 5) is 10.8. The number of nitrogens with one attached hydrogen (secondary N) is 1. The lowest BCUT2D eigenvalue weighted by atomic mass is 9.94. The van der Waals surface area contributed by atoms with Crippen LogP contribution in [0, 0.1) is 5.41 Å². The van der Waals surface area contributed by atoms with E-state index in [1.165, 1.54) is 6.42 Å². The number of aliphatic carboxylic acids is 1. The monoisotopic (exact) mass is 215 g/mol. The van der Waals surface area contributed by atoms with Gasteiger partial charge in [0.1, 0.15) is 0 Å². The fraction of sp³-hybridized carbons (Fsp3) is 0.909. The highest BCUT2D eigenvalue weighted by atomic mass is 16.5. The highest BCUT2D eigenvalue weighted by Gasteiger charge is 2.26. The average Bonchev–Trinajstić information content (AvgIpc) is 2.19. The summed E-state index contributed by atoms with van der Waals surface area (Å²) in [5.41, 5.74) is -0.700. The second-order valence-corrected chi connectivity index (χ2v) is 4.81. The van der Waals surface area contributed by atoms with E-state index in [1.807, 2.05) is 0 Å². The molecular formula is C11H21NO3. The minimum Gasteiger partial charge on any atom is -0.481 e. The summed E-state index contributed by atoms with van der Waals surface area (Å²) in [5, 5.41) is 12.1. The van der Waals surface area contributed by atoms with Crippen LogP contribution in [-0.2, 0) is 9.53 Å². The van der Waals surface area contributed by atoms with E-state index in [2.05, 4.69) is 5.32 Å². The average molecular weight is 215 g/mol. The third kappa shape index (κ3) is 4.18. The second-order valence-electron chi connectivity index (χ2n) is 4.81. The summed E-state index contributed by atoms with van der Waals surface area (Å²) >= 11 is 0. The lowest BCUT2D eigenvalue weighted by Gasteiger charge is -2.25. The van der Waals surface area contributed by atoms with Gasteiger partial charge < -0.3 is 15.2 Å². The van der Waals surface area contributed by atoms with Gasteiger partial charge >= 0.3 is 5.97 Å². The lowest BCUT2D eigenvalue weighted by Crippen LogP contribution is -2.40. The molecule has 1 unspecified atom stereocenters. The molecule has 0 spiro atoms. The largest absolute Gasteiger partial charge is 0.481 e. The van der Waals surface area contributed by atoms with Gasteiger partial charge in [0.05, 0.1) is 11.5 Å². The first-order valence-electron chi connectivity index (χ1n) is 5.58. The first kappa shape index (κ1) is 12.5. The molecule has 0 aromatic rings. The summed E-state index contributed by atoms with van der Waals surface area (Å²) in [6, 6.07) is 0. The normalized spacial score (nSPS) is 22.7. The fourth-order valence-corrected chi connectivity index (χ4v) is 1.59. The molecule has 4 heteroatoms. The van der Waals surface area contributed by atoms with E-state index in [-0.39, 0.29) is 6.10 Å². The van der Waals surface area contributed by atoms with Crippen LogP contribution in [-0.4, -0.2) is 36.9 Å². The number of ether oxygens (including phenoxy) is 1. The maximum Gasteiger partial charge on any atom is 0.310 e. The maximum absolute atomic E-state index is 10.8. The molecule has 15 heavy (non-hydrogen) atoms. The quantitative estimate of drug-likeness (QED) is 0.724. The van der Waals surface area contributed by atoms with E-state index in [0.29, 0.717) is 6.54 Å². The van der Waals surface area contributed by atoms with Crippen LogP contribution in [0.15, 0.2) is 0 Å². The summed E-state index contributed by atoms with van der Waals surface area (Å²) in [6.45, 7) is 5.54. The zero-order chi connectivity index (χ0) is 11.3. The summed E-state index contributed by atoms with van der Waals surface area (Å²) < 4.78 is 5.54. The number of carboxylic acids is 1. The summed E-state index contributed by atoms with van der Waals surface area (Å²) in [6.07, 6.45) is 3.72. The van der Waals surface area contributed by atoms with E-state index in [0.717, 1.165) is 26.0 Å². The Labute approximate surface area is 91.0 Å². The van der Waals surface area contributed by atoms with Crippen molar-refractivity contribution < 1.29 is 14.6 Å². The fourth-order valence-electron chi connectivity index (χ4n) is 1.59. The van der Waals surface area contributed by atoms with Crippen molar-refractivity contribution in [2.24, 2.45) is 5.41 Å². The minimum absolute atomic E-state index is 0.267. The first-order chi connectivity index (χ1) is 7.02. The van der Waals surface area contributed by atoms with Crippen LogP contribution >= 0.6 is 0 Å². The SMILES string of the molecule is CC(C)(CNCC1CCCCO1)C(=O)O. The molecule has 0 bridgehead atoms. The van der Waals surface area contributed by atoms with Crippen LogP contribution in [0.3, 0.4) is 0 Å². The molecule has 1 atom stereocenters. The molecule has 4 nitrogen and oxygen atoms in total. The van der Waals surface area contributed by atoms with Crippen molar-refractivity contribution in [3.8, 4) is 0 Å². The van der Waals surface area contributed by atoms with Crippen LogP contribution in [0.5, 0.6) is 0 Å². The van der Waals surface area contributed by atoms with Crippen molar-refractivity contribution in [1.29, 1.82) is 0 Å². The standard InChI is InChI=1S/C11H21NO3/c1-11(2,10(13)14)8-12-7-9-5-3-4-6-15-9/h9,12H,3-8H2,1-2H3,(H,13,14). The van der Waals surface area contributed by atoms with Crippen LogP contribution in [0.2, 0.25) is 0 Å². The Kier molecular flexibility index (Phi) is 4.54. The zero-order valence-corrected chi connectivity index (χ0v) is 9.58. The van der Waals surface area contributed by atoms with Gasteiger partial charge in [-0.3, -0.25) is 4.79 Å². The van der Waals surface area contributed by atoms with Gasteiger partial charge in [0.25, 0.3) is 0 Å². The van der Waals surface area contributed by atoms with Gasteiger partial charge in [-0.15, -0.1) is 0 Å². The van der Waals surface area contributed by atoms with E-state index >= 15 is 0 Å². The van der Waals surface area contributed by atoms with Crippen molar-refractivity contribution in [3.63, 3.8) is 0 Å². The van der Waals surface area contributed by atoms with Gasteiger partial charge in [-0.25, -0.2) is 0 Å². The Bertz CT molecular complexity index is 210. The van der Waals surface area contributed by atoms with Gasteiger partial charge in [-0.1, -0.05) is 0 Å². The number of hydrogen-bond acceptors (Lipinski definition) is 3. The Morgan fingerprint density at radius 3 is 2.80 bits per heavy atom. The molecular weight excluding hydrogens is 194 g/mol. The predicted octanol–water partition coefficient (Wildman–Crippen LogP) is 1.26. The molecule has 1 fully saturated rings. The number of carboxylic acid groups (broad SMARTS) is 1. The summed E-state index contributed by atoms with van der Waals surface area (Å²) in [5.74, 6) is -0.764. The van der Waals surface area contributed by atoms with Gasteiger partial charge in [-0.05, 0) is 33.1 Å².